The molecule has 11 heteroatoms. The van der Waals surface area contributed by atoms with Gasteiger partial charge in [-0.2, -0.15) is 0 Å². The van der Waals surface area contributed by atoms with Gasteiger partial charge in [-0.1, -0.05) is 56.3 Å². The number of para-hydroxylation sites is 1. The summed E-state index contributed by atoms with van der Waals surface area (Å²) in [6.45, 7) is 6.87. The Morgan fingerprint density at radius 3 is 2.69 bits per heavy atom. The minimum Gasteiger partial charge on any atom is -0.469 e. The lowest BCUT2D eigenvalue weighted by molar-refractivity contribution is -0.138. The molecule has 10 rings (SSSR count). The number of nitrogens with one attached hydrogen (secondary N) is 3. The molecule has 10 bridgehead atoms. The van der Waals surface area contributed by atoms with E-state index < -0.39 is 35.0 Å². The molecule has 4 N–H and O–H groups in total. The normalized spacial score (nSPS) is 22.5. The number of aliphatic hydroxyl groups is 1. The molecule has 51 heavy (non-hydrogen) atoms. The van der Waals surface area contributed by atoms with Crippen LogP contribution in [-0.2, 0) is 21.4 Å². The predicted molar refractivity (Wildman–Crippen MR) is 188 cm³/mol. The number of ether oxygens (including phenoxy) is 1. The summed E-state index contributed by atoms with van der Waals surface area (Å²) < 4.78 is 20.4. The number of carbonyl (C=O) groups is 2. The van der Waals surface area contributed by atoms with Crippen molar-refractivity contribution in [3.8, 4) is 39.8 Å². The number of rotatable bonds is 4. The highest BCUT2D eigenvalue weighted by molar-refractivity contribution is 6.07. The molecule has 0 saturated carbocycles. The first-order chi connectivity index (χ1) is 24.5. The lowest BCUT2D eigenvalue weighted by Crippen LogP contribution is -2.41. The number of hydrogen-bond donors (Lipinski definition) is 4. The molecule has 7 heterocycles. The van der Waals surface area contributed by atoms with Gasteiger partial charge in [-0.3, -0.25) is 9.59 Å². The highest BCUT2D eigenvalue weighted by Gasteiger charge is 2.61. The van der Waals surface area contributed by atoms with Gasteiger partial charge in [0, 0.05) is 57.4 Å². The Hall–Kier alpha value is -5.68. The predicted octanol–water partition coefficient (Wildman–Crippen LogP) is 6.65. The van der Waals surface area contributed by atoms with Crippen LogP contribution in [0.2, 0.25) is 0 Å². The van der Waals surface area contributed by atoms with Crippen LogP contribution in [0.15, 0.2) is 75.8 Å². The van der Waals surface area contributed by atoms with E-state index in [2.05, 4.69) is 45.9 Å². The number of amides is 1. The van der Waals surface area contributed by atoms with Crippen LogP contribution in [0.25, 0.3) is 44.9 Å². The Kier molecular flexibility index (Phi) is 6.03. The molecule has 0 fully saturated rings. The number of benzene rings is 3. The number of aromatic nitrogens is 3. The Labute approximate surface area is 292 Å². The summed E-state index contributed by atoms with van der Waals surface area (Å²) in [4.78, 5) is 40.6. The van der Waals surface area contributed by atoms with Gasteiger partial charge >= 0.3 is 0 Å². The number of ketones is 1. The fourth-order valence-corrected chi connectivity index (χ4v) is 8.45. The topological polar surface area (TPSA) is 156 Å². The molecule has 0 saturated heterocycles. The summed E-state index contributed by atoms with van der Waals surface area (Å²) in [5, 5.41) is 18.5. The second-order valence-electron chi connectivity index (χ2n) is 15.0. The summed E-state index contributed by atoms with van der Waals surface area (Å²) in [6, 6.07) is 17.7. The van der Waals surface area contributed by atoms with Crippen molar-refractivity contribution in [2.75, 3.05) is 5.32 Å². The molecule has 4 aliphatic heterocycles. The fourth-order valence-electron chi connectivity index (χ4n) is 8.45. The molecule has 1 amide bonds. The first kappa shape index (κ1) is 30.2. The number of oxazole rings is 2. The van der Waals surface area contributed by atoms with Crippen LogP contribution in [0.1, 0.15) is 68.5 Å². The van der Waals surface area contributed by atoms with Crippen molar-refractivity contribution in [2.45, 2.75) is 63.8 Å². The highest BCUT2D eigenvalue weighted by Crippen LogP contribution is 2.61. The minimum atomic E-state index is -1.59. The Bertz CT molecular complexity index is 2460. The van der Waals surface area contributed by atoms with E-state index in [0.717, 1.165) is 50.0 Å². The summed E-state index contributed by atoms with van der Waals surface area (Å²) >= 11 is 0. The minimum absolute atomic E-state index is 0.136. The lowest BCUT2D eigenvalue weighted by Gasteiger charge is -2.29. The molecular formula is C40H35N5O6. The molecule has 3 aromatic carbocycles. The van der Waals surface area contributed by atoms with E-state index in [4.69, 9.17) is 23.5 Å². The summed E-state index contributed by atoms with van der Waals surface area (Å²) in [7, 11) is 0. The van der Waals surface area contributed by atoms with Gasteiger partial charge in [-0.15, -0.1) is 0 Å². The van der Waals surface area contributed by atoms with Gasteiger partial charge in [0.1, 0.15) is 22.8 Å². The zero-order valence-electron chi connectivity index (χ0n) is 28.5. The van der Waals surface area contributed by atoms with Gasteiger partial charge < -0.3 is 34.3 Å². The summed E-state index contributed by atoms with van der Waals surface area (Å²) in [5.41, 5.74) is 5.18. The zero-order chi connectivity index (χ0) is 35.0. The number of H-pyrrole nitrogens is 1. The van der Waals surface area contributed by atoms with Gasteiger partial charge in [0.2, 0.25) is 17.7 Å². The van der Waals surface area contributed by atoms with Crippen LogP contribution in [0.4, 0.5) is 5.69 Å². The third-order valence-electron chi connectivity index (χ3n) is 11.0. The maximum atomic E-state index is 14.1. The number of aromatic amines is 1. The van der Waals surface area contributed by atoms with Crippen molar-refractivity contribution in [3.05, 3.63) is 95.3 Å². The molecule has 11 nitrogen and oxygen atoms in total. The van der Waals surface area contributed by atoms with E-state index in [-0.39, 0.29) is 30.6 Å². The quantitative estimate of drug-likeness (QED) is 0.160. The van der Waals surface area contributed by atoms with E-state index >= 15 is 0 Å². The largest absolute Gasteiger partial charge is 0.469 e. The van der Waals surface area contributed by atoms with Crippen molar-refractivity contribution < 1.29 is 28.3 Å². The monoisotopic (exact) mass is 681 g/mol. The van der Waals surface area contributed by atoms with E-state index in [9.17, 15) is 14.7 Å². The second kappa shape index (κ2) is 10.2. The molecule has 3 aromatic heterocycles. The maximum Gasteiger partial charge on any atom is 0.249 e. The fraction of sp³-hybridized carbons (Fsp3) is 0.300. The molecule has 4 aliphatic rings. The van der Waals surface area contributed by atoms with Gasteiger partial charge in [0.25, 0.3) is 0 Å². The van der Waals surface area contributed by atoms with Crippen LogP contribution in [-0.4, -0.2) is 43.6 Å². The van der Waals surface area contributed by atoms with Gasteiger partial charge in [0.15, 0.2) is 29.2 Å². The maximum absolute atomic E-state index is 14.1. The smallest absolute Gasteiger partial charge is 0.249 e. The first-order valence-electron chi connectivity index (χ1n) is 17.4. The molecule has 1 spiro atoms. The van der Waals surface area contributed by atoms with Gasteiger partial charge in [-0.05, 0) is 49.4 Å². The average molecular weight is 682 g/mol. The third-order valence-corrected chi connectivity index (χ3v) is 11.0. The number of nitrogens with zero attached hydrogens (tertiary/aromatic N) is 2. The molecule has 0 aliphatic carbocycles. The van der Waals surface area contributed by atoms with E-state index in [1.807, 2.05) is 44.3 Å². The number of fused-ring (bicyclic) bond motifs is 7. The van der Waals surface area contributed by atoms with Crippen LogP contribution in [0.3, 0.4) is 0 Å². The van der Waals surface area contributed by atoms with Crippen LogP contribution >= 0.6 is 0 Å². The second-order valence-corrected chi connectivity index (χ2v) is 15.0. The van der Waals surface area contributed by atoms with Crippen LogP contribution < -0.4 is 15.4 Å². The summed E-state index contributed by atoms with van der Waals surface area (Å²) in [6.07, 6.45) is 3.16. The van der Waals surface area contributed by atoms with Gasteiger partial charge in [-0.25, -0.2) is 9.97 Å². The van der Waals surface area contributed by atoms with E-state index in [1.165, 1.54) is 13.8 Å². The molecule has 4 atom stereocenters. The van der Waals surface area contributed by atoms with Crippen LogP contribution in [0, 0.1) is 11.8 Å². The number of anilines is 1. The Balaban J connectivity index is 1.30. The van der Waals surface area contributed by atoms with Crippen molar-refractivity contribution >= 4 is 28.3 Å². The SMILES string of the molecule is CC(C)[C@@H]1NC(=O)C(CC(=O)C(C)(C)O)Cc2ccc3c(c2)[C@]24c5cccc(c5NC2O3)-c2cccc3[nH]cc(c23)-c2cnc(o2)-c2nc1oc24. The van der Waals surface area contributed by atoms with Crippen LogP contribution in [0.5, 0.6) is 5.75 Å². The van der Waals surface area contributed by atoms with Crippen molar-refractivity contribution in [3.63, 3.8) is 0 Å². The van der Waals surface area contributed by atoms with E-state index in [0.29, 0.717) is 28.9 Å². The van der Waals surface area contributed by atoms with Gasteiger partial charge in [0.05, 0.1) is 6.20 Å². The summed E-state index contributed by atoms with van der Waals surface area (Å²) in [5.74, 6) is 0.668. The lowest BCUT2D eigenvalue weighted by atomic mass is 9.72. The highest BCUT2D eigenvalue weighted by atomic mass is 16.5. The molecule has 6 aromatic rings. The number of hydrogen-bond acceptors (Lipinski definition) is 9. The third kappa shape index (κ3) is 4.09. The number of carbonyl (C=O) groups excluding carboxylic acids is 2. The molecule has 0 radical (unpaired) electrons. The zero-order valence-corrected chi connectivity index (χ0v) is 28.5. The van der Waals surface area contributed by atoms with Crippen molar-refractivity contribution in [1.82, 2.24) is 20.3 Å². The van der Waals surface area contributed by atoms with E-state index in [1.54, 1.807) is 6.20 Å². The van der Waals surface area contributed by atoms with Crippen molar-refractivity contribution in [2.24, 2.45) is 11.8 Å². The molecule has 256 valence electrons. The van der Waals surface area contributed by atoms with Crippen molar-refractivity contribution in [1.29, 1.82) is 0 Å². The Morgan fingerprint density at radius 1 is 1.04 bits per heavy atom. The molecular weight excluding hydrogens is 646 g/mol. The average Bonchev–Trinajstić information content (AvgIpc) is 3.91. The molecule has 2 unspecified atom stereocenters. The first-order valence-corrected chi connectivity index (χ1v) is 17.4. The standard InChI is InChI=1S/C40H35N5O6/c1-18(2)31-37-44-33-34(51-37)40-24-9-5-8-22(21-7-6-10-26-30(21)23(16-41-26)28-17-42-36(33)49-28)32(24)45-38(40)50-27-12-11-19(14-25(27)40)13-20(35(47)43-31)15-29(46)39(3,4)48/h5-12,14,16-18,20,31,38,41,45,48H,13,15H2,1-4H3,(H,43,47)/t20?,31-,38?,40-/m0/s1. The number of Topliss-reactive ketones (excluding diaryl/α,β-unsaturated/α-hetero) is 1. The Morgan fingerprint density at radius 2 is 1.86 bits per heavy atom.